The molecule has 2 aliphatic carbocycles. The highest BCUT2D eigenvalue weighted by Gasteiger charge is 2.46. The topological polar surface area (TPSA) is 0 Å². The summed E-state index contributed by atoms with van der Waals surface area (Å²) in [4.78, 5) is 0. The zero-order valence-electron chi connectivity index (χ0n) is 15.3. The van der Waals surface area contributed by atoms with Crippen LogP contribution in [0.25, 0.3) is 6.08 Å². The molecule has 0 saturated heterocycles. The van der Waals surface area contributed by atoms with Crippen LogP contribution in [-0.4, -0.2) is 0 Å². The Morgan fingerprint density at radius 3 is 2.27 bits per heavy atom. The highest BCUT2D eigenvalue weighted by atomic mass is 14.5. The maximum Gasteiger partial charge on any atom is 0.00653 e. The highest BCUT2D eigenvalue weighted by molar-refractivity contribution is 5.66. The number of rotatable bonds is 3. The standard InChI is InChI=1S/C26H24/c1-19-25-14-8-7-13-23(25)18-26(19,17-20-9-3-2-4-10-20)24-15-21-11-5-6-12-22(21)16-24/h2-15,19H,16-18H2,1H3. The Balaban J connectivity index is 1.62. The van der Waals surface area contributed by atoms with Gasteiger partial charge >= 0.3 is 0 Å². The first-order valence-electron chi connectivity index (χ1n) is 9.67. The third-order valence-electron chi connectivity index (χ3n) is 6.62. The quantitative estimate of drug-likeness (QED) is 0.533. The smallest absolute Gasteiger partial charge is 0.00653 e. The number of fused-ring (bicyclic) bond motifs is 2. The van der Waals surface area contributed by atoms with E-state index in [9.17, 15) is 0 Å². The van der Waals surface area contributed by atoms with Gasteiger partial charge in [0.1, 0.15) is 0 Å². The average molecular weight is 336 g/mol. The lowest BCUT2D eigenvalue weighted by Crippen LogP contribution is -2.30. The van der Waals surface area contributed by atoms with Gasteiger partial charge in [0, 0.05) is 5.41 Å². The second-order valence-corrected chi connectivity index (χ2v) is 7.96. The molecule has 2 atom stereocenters. The first-order valence-corrected chi connectivity index (χ1v) is 9.67. The van der Waals surface area contributed by atoms with Gasteiger partial charge in [0.25, 0.3) is 0 Å². The Kier molecular flexibility index (Phi) is 3.60. The first-order chi connectivity index (χ1) is 12.8. The molecule has 0 fully saturated rings. The van der Waals surface area contributed by atoms with E-state index in [4.69, 9.17) is 0 Å². The number of benzene rings is 3. The van der Waals surface area contributed by atoms with Crippen molar-refractivity contribution in [3.05, 3.63) is 112 Å². The Hall–Kier alpha value is -2.60. The molecule has 0 aliphatic heterocycles. The van der Waals surface area contributed by atoms with Crippen LogP contribution in [0.15, 0.2) is 84.4 Å². The molecule has 0 aromatic heterocycles. The normalized spacial score (nSPS) is 23.4. The second-order valence-electron chi connectivity index (χ2n) is 7.96. The molecule has 0 nitrogen and oxygen atoms in total. The summed E-state index contributed by atoms with van der Waals surface area (Å²) in [5, 5.41) is 0. The third kappa shape index (κ3) is 2.36. The lowest BCUT2D eigenvalue weighted by atomic mass is 9.67. The summed E-state index contributed by atoms with van der Waals surface area (Å²) in [6, 6.07) is 29.0. The van der Waals surface area contributed by atoms with Gasteiger partial charge in [-0.05, 0) is 53.0 Å². The number of allylic oxidation sites excluding steroid dienone is 1. The maximum atomic E-state index is 2.49. The molecule has 2 aliphatic rings. The van der Waals surface area contributed by atoms with E-state index in [1.54, 1.807) is 11.1 Å². The molecule has 0 spiro atoms. The van der Waals surface area contributed by atoms with Crippen LogP contribution in [0.1, 0.15) is 40.7 Å². The summed E-state index contributed by atoms with van der Waals surface area (Å²) in [5.41, 5.74) is 9.23. The first kappa shape index (κ1) is 15.6. The minimum absolute atomic E-state index is 0.185. The Morgan fingerprint density at radius 1 is 0.808 bits per heavy atom. The summed E-state index contributed by atoms with van der Waals surface area (Å²) in [7, 11) is 0. The van der Waals surface area contributed by atoms with Crippen molar-refractivity contribution in [2.24, 2.45) is 5.41 Å². The van der Waals surface area contributed by atoms with Crippen LogP contribution in [0, 0.1) is 5.41 Å². The van der Waals surface area contributed by atoms with Crippen molar-refractivity contribution in [2.75, 3.05) is 0 Å². The van der Waals surface area contributed by atoms with E-state index in [0.717, 1.165) is 19.3 Å². The van der Waals surface area contributed by atoms with Crippen molar-refractivity contribution in [1.29, 1.82) is 0 Å². The minimum atomic E-state index is 0.185. The van der Waals surface area contributed by atoms with E-state index in [0.29, 0.717) is 5.92 Å². The van der Waals surface area contributed by atoms with E-state index in [1.165, 1.54) is 22.3 Å². The van der Waals surface area contributed by atoms with Crippen molar-refractivity contribution in [2.45, 2.75) is 32.1 Å². The van der Waals surface area contributed by atoms with Gasteiger partial charge in [0.05, 0.1) is 0 Å². The monoisotopic (exact) mass is 336 g/mol. The summed E-state index contributed by atoms with van der Waals surface area (Å²) < 4.78 is 0. The predicted octanol–water partition coefficient (Wildman–Crippen LogP) is 6.22. The summed E-state index contributed by atoms with van der Waals surface area (Å²) >= 11 is 0. The fourth-order valence-corrected chi connectivity index (χ4v) is 5.19. The number of hydrogen-bond donors (Lipinski definition) is 0. The molecule has 5 rings (SSSR count). The zero-order chi connectivity index (χ0) is 17.6. The molecule has 2 unspecified atom stereocenters. The van der Waals surface area contributed by atoms with Crippen LogP contribution < -0.4 is 0 Å². The molecule has 0 N–H and O–H groups in total. The molecule has 3 aromatic rings. The van der Waals surface area contributed by atoms with E-state index >= 15 is 0 Å². The third-order valence-corrected chi connectivity index (χ3v) is 6.62. The van der Waals surface area contributed by atoms with Crippen molar-refractivity contribution in [3.8, 4) is 0 Å². The van der Waals surface area contributed by atoms with E-state index in [1.807, 2.05) is 0 Å². The van der Waals surface area contributed by atoms with Gasteiger partial charge in [0.15, 0.2) is 0 Å². The highest BCUT2D eigenvalue weighted by Crippen LogP contribution is 2.55. The lowest BCUT2D eigenvalue weighted by Gasteiger charge is -2.36. The van der Waals surface area contributed by atoms with Crippen LogP contribution in [0.3, 0.4) is 0 Å². The van der Waals surface area contributed by atoms with Crippen molar-refractivity contribution in [3.63, 3.8) is 0 Å². The molecule has 3 aromatic carbocycles. The molecule has 128 valence electrons. The number of hydrogen-bond acceptors (Lipinski definition) is 0. The minimum Gasteiger partial charge on any atom is -0.0622 e. The van der Waals surface area contributed by atoms with E-state index in [-0.39, 0.29) is 5.41 Å². The Bertz CT molecular complexity index is 980. The fraction of sp³-hybridized carbons (Fsp3) is 0.231. The van der Waals surface area contributed by atoms with Crippen molar-refractivity contribution < 1.29 is 0 Å². The fourth-order valence-electron chi connectivity index (χ4n) is 5.19. The Morgan fingerprint density at radius 2 is 1.50 bits per heavy atom. The molecule has 26 heavy (non-hydrogen) atoms. The molecule has 0 radical (unpaired) electrons. The van der Waals surface area contributed by atoms with Gasteiger partial charge in [-0.1, -0.05) is 97.4 Å². The second kappa shape index (κ2) is 5.99. The largest absolute Gasteiger partial charge is 0.0622 e. The maximum absolute atomic E-state index is 2.49. The molecule has 0 amide bonds. The van der Waals surface area contributed by atoms with Gasteiger partial charge in [-0.3, -0.25) is 0 Å². The molecule has 0 saturated carbocycles. The van der Waals surface area contributed by atoms with Gasteiger partial charge in [-0.25, -0.2) is 0 Å². The molecule has 0 heterocycles. The molecular weight excluding hydrogens is 312 g/mol. The summed E-state index contributed by atoms with van der Waals surface area (Å²) in [6.45, 7) is 2.44. The predicted molar refractivity (Wildman–Crippen MR) is 109 cm³/mol. The zero-order valence-corrected chi connectivity index (χ0v) is 15.3. The molecule has 0 heteroatoms. The Labute approximate surface area is 156 Å². The van der Waals surface area contributed by atoms with Gasteiger partial charge in [0.2, 0.25) is 0 Å². The lowest BCUT2D eigenvalue weighted by molar-refractivity contribution is 0.314. The van der Waals surface area contributed by atoms with Crippen LogP contribution in [0.5, 0.6) is 0 Å². The van der Waals surface area contributed by atoms with Gasteiger partial charge in [-0.15, -0.1) is 0 Å². The van der Waals surface area contributed by atoms with Crippen LogP contribution in [0.4, 0.5) is 0 Å². The average Bonchev–Trinajstić information content (AvgIpc) is 3.23. The van der Waals surface area contributed by atoms with Crippen LogP contribution in [0.2, 0.25) is 0 Å². The summed E-state index contributed by atoms with van der Waals surface area (Å²) in [6.07, 6.45) is 5.85. The molecular formula is C26H24. The van der Waals surface area contributed by atoms with Crippen LogP contribution in [-0.2, 0) is 19.3 Å². The SMILES string of the molecule is CC1c2ccccc2CC1(Cc1ccccc1)C1=Cc2ccccc2C1. The van der Waals surface area contributed by atoms with Crippen molar-refractivity contribution >= 4 is 6.08 Å². The molecule has 0 bridgehead atoms. The van der Waals surface area contributed by atoms with Gasteiger partial charge < -0.3 is 0 Å². The van der Waals surface area contributed by atoms with Crippen molar-refractivity contribution in [1.82, 2.24) is 0 Å². The van der Waals surface area contributed by atoms with Gasteiger partial charge in [-0.2, -0.15) is 0 Å². The van der Waals surface area contributed by atoms with Crippen LogP contribution >= 0.6 is 0 Å². The van der Waals surface area contributed by atoms with E-state index < -0.39 is 0 Å². The van der Waals surface area contributed by atoms with E-state index in [2.05, 4.69) is 91.9 Å². The summed E-state index contributed by atoms with van der Waals surface area (Å²) in [5.74, 6) is 0.541.